The summed E-state index contributed by atoms with van der Waals surface area (Å²) < 4.78 is 1.88. The molecule has 0 saturated carbocycles. The van der Waals surface area contributed by atoms with Gasteiger partial charge < -0.3 is 5.11 Å². The highest BCUT2D eigenvalue weighted by Crippen LogP contribution is 2.33. The Bertz CT molecular complexity index is 597. The second kappa shape index (κ2) is 3.84. The number of nitrogens with zero attached hydrogens (tertiary/aromatic N) is 2. The van der Waals surface area contributed by atoms with Crippen LogP contribution in [0.4, 0.5) is 0 Å². The summed E-state index contributed by atoms with van der Waals surface area (Å²) in [5.41, 5.74) is 2.31. The van der Waals surface area contributed by atoms with E-state index in [9.17, 15) is 9.90 Å². The molecule has 0 fully saturated rings. The van der Waals surface area contributed by atoms with Crippen molar-refractivity contribution in [2.45, 2.75) is 39.0 Å². The maximum Gasteiger partial charge on any atom is 0.354 e. The number of hydrogen-bond acceptors (Lipinski definition) is 3. The molecule has 3 rings (SSSR count). The van der Waals surface area contributed by atoms with E-state index in [0.29, 0.717) is 5.69 Å². The van der Waals surface area contributed by atoms with Gasteiger partial charge in [-0.15, -0.1) is 11.3 Å². The first-order chi connectivity index (χ1) is 8.22. The molecule has 2 aromatic heterocycles. The zero-order valence-electron chi connectivity index (χ0n) is 9.69. The molecule has 0 unspecified atom stereocenters. The second-order valence-electron chi connectivity index (χ2n) is 4.41. The van der Waals surface area contributed by atoms with Crippen molar-refractivity contribution in [3.8, 4) is 0 Å². The van der Waals surface area contributed by atoms with Gasteiger partial charge in [0.25, 0.3) is 0 Å². The van der Waals surface area contributed by atoms with Crippen molar-refractivity contribution in [2.75, 3.05) is 0 Å². The van der Waals surface area contributed by atoms with Crippen molar-refractivity contribution in [3.05, 3.63) is 22.0 Å². The van der Waals surface area contributed by atoms with Crippen molar-refractivity contribution >= 4 is 22.3 Å². The zero-order valence-corrected chi connectivity index (χ0v) is 10.5. The van der Waals surface area contributed by atoms with Crippen LogP contribution in [0, 0.1) is 0 Å². The highest BCUT2D eigenvalue weighted by molar-refractivity contribution is 7.17. The lowest BCUT2D eigenvalue weighted by Gasteiger charge is -1.99. The first kappa shape index (κ1) is 10.8. The van der Waals surface area contributed by atoms with Crippen LogP contribution in [0.25, 0.3) is 4.96 Å². The topological polar surface area (TPSA) is 54.6 Å². The average molecular weight is 250 g/mol. The van der Waals surface area contributed by atoms with Crippen LogP contribution >= 0.6 is 11.3 Å². The molecule has 1 aliphatic rings. The molecule has 0 aromatic carbocycles. The zero-order chi connectivity index (χ0) is 12.0. The number of carbonyl (C=O) groups is 1. The molecule has 90 valence electrons. The molecular formula is C12H14N2O2S. The molecule has 4 nitrogen and oxygen atoms in total. The Balaban J connectivity index is 2.28. The van der Waals surface area contributed by atoms with Gasteiger partial charge in [0.05, 0.1) is 5.69 Å². The SMILES string of the molecule is CCCc1nc2sc3c(n2c1C(=O)O)CCC3. The average Bonchev–Trinajstić information content (AvgIpc) is 2.87. The fourth-order valence-electron chi connectivity index (χ4n) is 2.55. The van der Waals surface area contributed by atoms with Gasteiger partial charge in [-0.25, -0.2) is 9.78 Å². The molecule has 2 heterocycles. The molecule has 5 heteroatoms. The standard InChI is InChI=1S/C12H14N2O2S/c1-2-4-7-10(11(15)16)14-8-5-3-6-9(8)17-12(14)13-7/h2-6H2,1H3,(H,15,16). The van der Waals surface area contributed by atoms with Crippen LogP contribution in [0.1, 0.15) is 46.5 Å². The number of carboxylic acid groups (broad SMARTS) is 1. The number of hydrogen-bond donors (Lipinski definition) is 1. The molecule has 0 bridgehead atoms. The van der Waals surface area contributed by atoms with Gasteiger partial charge in [0.1, 0.15) is 0 Å². The van der Waals surface area contributed by atoms with Gasteiger partial charge >= 0.3 is 5.97 Å². The Morgan fingerprint density at radius 3 is 3.06 bits per heavy atom. The van der Waals surface area contributed by atoms with E-state index in [0.717, 1.165) is 42.8 Å². The molecule has 1 N–H and O–H groups in total. The van der Waals surface area contributed by atoms with Crippen LogP contribution in [0.15, 0.2) is 0 Å². The molecule has 0 radical (unpaired) electrons. The highest BCUT2D eigenvalue weighted by Gasteiger charge is 2.26. The quantitative estimate of drug-likeness (QED) is 0.910. The molecular weight excluding hydrogens is 236 g/mol. The van der Waals surface area contributed by atoms with E-state index < -0.39 is 5.97 Å². The number of fused-ring (bicyclic) bond motifs is 3. The van der Waals surface area contributed by atoms with Gasteiger partial charge in [-0.2, -0.15) is 0 Å². The molecule has 0 amide bonds. The third-order valence-electron chi connectivity index (χ3n) is 3.23. The molecule has 2 aromatic rings. The fourth-order valence-corrected chi connectivity index (χ4v) is 3.78. The maximum absolute atomic E-state index is 11.4. The Kier molecular flexibility index (Phi) is 2.43. The van der Waals surface area contributed by atoms with Crippen molar-refractivity contribution in [1.29, 1.82) is 0 Å². The molecule has 0 saturated heterocycles. The van der Waals surface area contributed by atoms with Crippen LogP contribution in [-0.2, 0) is 19.3 Å². The minimum absolute atomic E-state index is 0.390. The number of rotatable bonds is 3. The minimum Gasteiger partial charge on any atom is -0.477 e. The van der Waals surface area contributed by atoms with E-state index in [1.165, 1.54) is 10.6 Å². The maximum atomic E-state index is 11.4. The van der Waals surface area contributed by atoms with Gasteiger partial charge in [0.2, 0.25) is 0 Å². The summed E-state index contributed by atoms with van der Waals surface area (Å²) >= 11 is 1.65. The molecule has 0 atom stereocenters. The van der Waals surface area contributed by atoms with Crippen LogP contribution in [0.2, 0.25) is 0 Å². The Morgan fingerprint density at radius 2 is 2.35 bits per heavy atom. The monoisotopic (exact) mass is 250 g/mol. The van der Waals surface area contributed by atoms with Crippen LogP contribution < -0.4 is 0 Å². The Morgan fingerprint density at radius 1 is 1.53 bits per heavy atom. The molecule has 0 aliphatic heterocycles. The van der Waals surface area contributed by atoms with Gasteiger partial charge in [-0.3, -0.25) is 4.40 Å². The third-order valence-corrected chi connectivity index (χ3v) is 4.37. The second-order valence-corrected chi connectivity index (χ2v) is 5.47. The largest absolute Gasteiger partial charge is 0.477 e. The predicted molar refractivity (Wildman–Crippen MR) is 66.0 cm³/mol. The van der Waals surface area contributed by atoms with Crippen molar-refractivity contribution in [1.82, 2.24) is 9.38 Å². The number of aromatic nitrogens is 2. The smallest absolute Gasteiger partial charge is 0.354 e. The van der Waals surface area contributed by atoms with E-state index in [1.807, 2.05) is 11.3 Å². The lowest BCUT2D eigenvalue weighted by molar-refractivity contribution is 0.0688. The van der Waals surface area contributed by atoms with Crippen molar-refractivity contribution in [2.24, 2.45) is 0 Å². The Hall–Kier alpha value is -1.36. The summed E-state index contributed by atoms with van der Waals surface area (Å²) in [5, 5.41) is 9.37. The van der Waals surface area contributed by atoms with Gasteiger partial charge in [-0.05, 0) is 25.7 Å². The first-order valence-electron chi connectivity index (χ1n) is 5.97. The van der Waals surface area contributed by atoms with E-state index in [4.69, 9.17) is 0 Å². The van der Waals surface area contributed by atoms with E-state index >= 15 is 0 Å². The van der Waals surface area contributed by atoms with E-state index in [2.05, 4.69) is 4.98 Å². The first-order valence-corrected chi connectivity index (χ1v) is 6.79. The summed E-state index contributed by atoms with van der Waals surface area (Å²) in [6, 6.07) is 0. The van der Waals surface area contributed by atoms with E-state index in [-0.39, 0.29) is 0 Å². The van der Waals surface area contributed by atoms with Crippen molar-refractivity contribution in [3.63, 3.8) is 0 Å². The van der Waals surface area contributed by atoms with Crippen LogP contribution in [0.3, 0.4) is 0 Å². The summed E-state index contributed by atoms with van der Waals surface area (Å²) in [6.07, 6.45) is 4.86. The van der Waals surface area contributed by atoms with Gasteiger partial charge in [-0.1, -0.05) is 13.3 Å². The van der Waals surface area contributed by atoms with E-state index in [1.54, 1.807) is 11.3 Å². The Labute approximate surface area is 103 Å². The number of imidazole rings is 1. The van der Waals surface area contributed by atoms with Crippen LogP contribution in [0.5, 0.6) is 0 Å². The van der Waals surface area contributed by atoms with Gasteiger partial charge in [0, 0.05) is 10.6 Å². The molecule has 1 aliphatic carbocycles. The molecule has 17 heavy (non-hydrogen) atoms. The van der Waals surface area contributed by atoms with Gasteiger partial charge in [0.15, 0.2) is 10.7 Å². The lowest BCUT2D eigenvalue weighted by Crippen LogP contribution is -2.07. The predicted octanol–water partition coefficient (Wildman–Crippen LogP) is 2.54. The number of carboxylic acids is 1. The number of thiazole rings is 1. The van der Waals surface area contributed by atoms with Crippen LogP contribution in [-0.4, -0.2) is 20.5 Å². The number of aryl methyl sites for hydroxylation is 3. The summed E-state index contributed by atoms with van der Waals surface area (Å²) in [6.45, 7) is 2.05. The minimum atomic E-state index is -0.853. The third kappa shape index (κ3) is 1.49. The fraction of sp³-hybridized carbons (Fsp3) is 0.500. The highest BCUT2D eigenvalue weighted by atomic mass is 32.1. The lowest BCUT2D eigenvalue weighted by atomic mass is 10.2. The summed E-state index contributed by atoms with van der Waals surface area (Å²) in [4.78, 5) is 18.1. The molecule has 0 spiro atoms. The van der Waals surface area contributed by atoms with Crippen molar-refractivity contribution < 1.29 is 9.90 Å². The normalized spacial score (nSPS) is 14.4. The number of aromatic carboxylic acids is 1. The summed E-state index contributed by atoms with van der Waals surface area (Å²) in [5.74, 6) is -0.853. The summed E-state index contributed by atoms with van der Waals surface area (Å²) in [7, 11) is 0.